The van der Waals surface area contributed by atoms with Gasteiger partial charge in [-0.3, -0.25) is 14.5 Å². The van der Waals surface area contributed by atoms with Crippen LogP contribution in [0.4, 0.5) is 0 Å². The zero-order valence-corrected chi connectivity index (χ0v) is 10.4. The number of ether oxygens (including phenoxy) is 1. The fraction of sp³-hybridized carbons (Fsp3) is 0.833. The van der Waals surface area contributed by atoms with Crippen LogP contribution in [0.25, 0.3) is 0 Å². The average Bonchev–Trinajstić information content (AvgIpc) is 2.90. The van der Waals surface area contributed by atoms with Crippen LogP contribution < -0.4 is 0 Å². The zero-order chi connectivity index (χ0) is 12.3. The predicted octanol–water partition coefficient (Wildman–Crippen LogP) is 0.594. The second-order valence-corrected chi connectivity index (χ2v) is 4.62. The van der Waals surface area contributed by atoms with Crippen LogP contribution in [0.15, 0.2) is 0 Å². The van der Waals surface area contributed by atoms with Gasteiger partial charge in [-0.1, -0.05) is 0 Å². The number of carbonyl (C=O) groups is 2. The minimum absolute atomic E-state index is 0.142. The fourth-order valence-corrected chi connectivity index (χ4v) is 2.57. The molecule has 17 heavy (non-hydrogen) atoms. The first-order valence-electron chi connectivity index (χ1n) is 6.41. The first kappa shape index (κ1) is 12.4. The summed E-state index contributed by atoms with van der Waals surface area (Å²) < 4.78 is 5.06. The molecule has 0 saturated carbocycles. The molecule has 2 heterocycles. The van der Waals surface area contributed by atoms with E-state index in [0.717, 1.165) is 32.4 Å². The van der Waals surface area contributed by atoms with Gasteiger partial charge in [-0.2, -0.15) is 0 Å². The Balaban J connectivity index is 1.90. The van der Waals surface area contributed by atoms with E-state index in [1.165, 1.54) is 0 Å². The Morgan fingerprint density at radius 2 is 2.24 bits per heavy atom. The summed E-state index contributed by atoms with van der Waals surface area (Å²) in [5, 5.41) is 0. The molecule has 1 atom stereocenters. The van der Waals surface area contributed by atoms with Crippen molar-refractivity contribution in [3.05, 3.63) is 0 Å². The monoisotopic (exact) mass is 240 g/mol. The van der Waals surface area contributed by atoms with Crippen LogP contribution in [0.1, 0.15) is 32.6 Å². The molecular formula is C12H20N2O3. The van der Waals surface area contributed by atoms with Crippen LogP contribution in [-0.4, -0.2) is 54.1 Å². The van der Waals surface area contributed by atoms with Crippen molar-refractivity contribution in [3.8, 4) is 0 Å². The predicted molar refractivity (Wildman–Crippen MR) is 62.2 cm³/mol. The number of hydrogen-bond donors (Lipinski definition) is 0. The Kier molecular flexibility index (Phi) is 3.99. The third-order valence-electron chi connectivity index (χ3n) is 3.45. The molecule has 2 fully saturated rings. The van der Waals surface area contributed by atoms with Gasteiger partial charge in [0.1, 0.15) is 6.04 Å². The highest BCUT2D eigenvalue weighted by atomic mass is 16.5. The van der Waals surface area contributed by atoms with Crippen molar-refractivity contribution in [2.24, 2.45) is 0 Å². The first-order chi connectivity index (χ1) is 8.22. The molecule has 0 spiro atoms. The van der Waals surface area contributed by atoms with E-state index in [-0.39, 0.29) is 17.9 Å². The van der Waals surface area contributed by atoms with Crippen LogP contribution in [-0.2, 0) is 14.3 Å². The summed E-state index contributed by atoms with van der Waals surface area (Å²) in [5.74, 6) is 0.0659. The molecule has 0 radical (unpaired) electrons. The Morgan fingerprint density at radius 3 is 2.88 bits per heavy atom. The van der Waals surface area contributed by atoms with Gasteiger partial charge >= 0.3 is 5.97 Å². The smallest absolute Gasteiger partial charge is 0.323 e. The summed E-state index contributed by atoms with van der Waals surface area (Å²) in [5.41, 5.74) is 0. The molecule has 0 unspecified atom stereocenters. The molecule has 1 amide bonds. The summed E-state index contributed by atoms with van der Waals surface area (Å²) >= 11 is 0. The lowest BCUT2D eigenvalue weighted by Crippen LogP contribution is -2.44. The Hall–Kier alpha value is -1.10. The van der Waals surface area contributed by atoms with Gasteiger partial charge in [-0.15, -0.1) is 0 Å². The third-order valence-corrected chi connectivity index (χ3v) is 3.45. The van der Waals surface area contributed by atoms with E-state index in [9.17, 15) is 9.59 Å². The van der Waals surface area contributed by atoms with Gasteiger partial charge in [0.15, 0.2) is 0 Å². The normalized spacial score (nSPS) is 25.6. The second kappa shape index (κ2) is 5.49. The molecule has 0 aromatic heterocycles. The van der Waals surface area contributed by atoms with Crippen molar-refractivity contribution < 1.29 is 14.3 Å². The van der Waals surface area contributed by atoms with E-state index in [1.54, 1.807) is 0 Å². The summed E-state index contributed by atoms with van der Waals surface area (Å²) in [4.78, 5) is 27.2. The minimum atomic E-state index is -0.150. The number of hydrogen-bond acceptors (Lipinski definition) is 4. The van der Waals surface area contributed by atoms with Gasteiger partial charge in [0.25, 0.3) is 0 Å². The van der Waals surface area contributed by atoms with E-state index in [1.807, 2.05) is 11.8 Å². The van der Waals surface area contributed by atoms with Crippen LogP contribution in [0.5, 0.6) is 0 Å². The number of rotatable bonds is 4. The standard InChI is InChI=1S/C12H20N2O3/c1-2-17-12(16)10-5-3-7-13(10)9-14-8-4-6-11(14)15/h10H,2-9H2,1H3/t10-/m0/s1. The molecule has 0 aromatic carbocycles. The van der Waals surface area contributed by atoms with Crippen molar-refractivity contribution in [1.29, 1.82) is 0 Å². The Morgan fingerprint density at radius 1 is 1.41 bits per heavy atom. The summed E-state index contributed by atoms with van der Waals surface area (Å²) in [6.07, 6.45) is 3.45. The first-order valence-corrected chi connectivity index (χ1v) is 6.41. The number of esters is 1. The molecule has 2 rings (SSSR count). The van der Waals surface area contributed by atoms with Crippen molar-refractivity contribution in [2.75, 3.05) is 26.4 Å². The van der Waals surface area contributed by atoms with Crippen LogP contribution >= 0.6 is 0 Å². The van der Waals surface area contributed by atoms with E-state index in [2.05, 4.69) is 4.90 Å². The molecule has 0 bridgehead atoms. The van der Waals surface area contributed by atoms with E-state index in [0.29, 0.717) is 19.7 Å². The van der Waals surface area contributed by atoms with Crippen molar-refractivity contribution in [2.45, 2.75) is 38.6 Å². The topological polar surface area (TPSA) is 49.9 Å². The van der Waals surface area contributed by atoms with Gasteiger partial charge in [0, 0.05) is 19.5 Å². The number of carbonyl (C=O) groups excluding carboxylic acids is 2. The molecule has 0 aromatic rings. The van der Waals surface area contributed by atoms with Gasteiger partial charge in [-0.05, 0) is 26.2 Å². The molecule has 0 N–H and O–H groups in total. The Bertz CT molecular complexity index is 306. The highest BCUT2D eigenvalue weighted by molar-refractivity contribution is 5.78. The molecule has 5 heteroatoms. The molecule has 2 saturated heterocycles. The molecule has 0 aliphatic carbocycles. The molecule has 5 nitrogen and oxygen atoms in total. The second-order valence-electron chi connectivity index (χ2n) is 4.62. The SMILES string of the molecule is CCOC(=O)[C@@H]1CCCN1CN1CCCC1=O. The lowest BCUT2D eigenvalue weighted by molar-refractivity contribution is -0.150. The quantitative estimate of drug-likeness (QED) is 0.675. The number of nitrogens with zero attached hydrogens (tertiary/aromatic N) is 2. The highest BCUT2D eigenvalue weighted by Crippen LogP contribution is 2.20. The lowest BCUT2D eigenvalue weighted by atomic mass is 10.2. The Labute approximate surface area is 102 Å². The van der Waals surface area contributed by atoms with Crippen molar-refractivity contribution in [3.63, 3.8) is 0 Å². The molecular weight excluding hydrogens is 220 g/mol. The third kappa shape index (κ3) is 2.77. The van der Waals surface area contributed by atoms with Gasteiger partial charge < -0.3 is 9.64 Å². The minimum Gasteiger partial charge on any atom is -0.465 e. The van der Waals surface area contributed by atoms with Crippen LogP contribution in [0.2, 0.25) is 0 Å². The summed E-state index contributed by atoms with van der Waals surface area (Å²) in [6, 6.07) is -0.150. The maximum absolute atomic E-state index is 11.7. The van der Waals surface area contributed by atoms with E-state index >= 15 is 0 Å². The average molecular weight is 240 g/mol. The van der Waals surface area contributed by atoms with Gasteiger partial charge in [0.2, 0.25) is 5.91 Å². The maximum atomic E-state index is 11.7. The van der Waals surface area contributed by atoms with Gasteiger partial charge in [-0.25, -0.2) is 0 Å². The summed E-state index contributed by atoms with van der Waals surface area (Å²) in [6.45, 7) is 4.54. The number of likely N-dealkylation sites (tertiary alicyclic amines) is 2. The maximum Gasteiger partial charge on any atom is 0.323 e. The zero-order valence-electron chi connectivity index (χ0n) is 10.4. The highest BCUT2D eigenvalue weighted by Gasteiger charge is 2.34. The van der Waals surface area contributed by atoms with Crippen LogP contribution in [0, 0.1) is 0 Å². The van der Waals surface area contributed by atoms with Crippen molar-refractivity contribution in [1.82, 2.24) is 9.80 Å². The van der Waals surface area contributed by atoms with Crippen LogP contribution in [0.3, 0.4) is 0 Å². The van der Waals surface area contributed by atoms with Crippen molar-refractivity contribution >= 4 is 11.9 Å². The summed E-state index contributed by atoms with van der Waals surface area (Å²) in [7, 11) is 0. The van der Waals surface area contributed by atoms with Gasteiger partial charge in [0.05, 0.1) is 13.3 Å². The van der Waals surface area contributed by atoms with E-state index in [4.69, 9.17) is 4.74 Å². The number of amides is 1. The molecule has 2 aliphatic heterocycles. The largest absolute Gasteiger partial charge is 0.465 e. The lowest BCUT2D eigenvalue weighted by Gasteiger charge is -2.27. The molecule has 2 aliphatic rings. The molecule has 96 valence electrons. The van der Waals surface area contributed by atoms with E-state index < -0.39 is 0 Å². The fourth-order valence-electron chi connectivity index (χ4n) is 2.57.